The van der Waals surface area contributed by atoms with E-state index < -0.39 is 11.6 Å². The smallest absolute Gasteiger partial charge is 0.321 e. The molecule has 0 fully saturated rings. The van der Waals surface area contributed by atoms with Crippen LogP contribution in [0, 0.1) is 11.6 Å². The van der Waals surface area contributed by atoms with E-state index >= 15 is 0 Å². The molecule has 19 heavy (non-hydrogen) atoms. The molecule has 0 aliphatic heterocycles. The van der Waals surface area contributed by atoms with Crippen molar-refractivity contribution in [1.82, 2.24) is 15.0 Å². The Kier molecular flexibility index (Phi) is 3.84. The van der Waals surface area contributed by atoms with Gasteiger partial charge in [0, 0.05) is 5.56 Å². The van der Waals surface area contributed by atoms with Crippen molar-refractivity contribution in [3.63, 3.8) is 0 Å². The van der Waals surface area contributed by atoms with Crippen LogP contribution in [0.2, 0.25) is 0 Å². The molecular weight excluding hydrogens is 254 g/mol. The van der Waals surface area contributed by atoms with E-state index in [1.54, 1.807) is 0 Å². The average Bonchev–Trinajstić information content (AvgIpc) is 2.39. The molecule has 0 aliphatic rings. The zero-order valence-corrected chi connectivity index (χ0v) is 10.2. The molecule has 0 spiro atoms. The second kappa shape index (κ2) is 5.55. The number of aromatic nitrogens is 3. The molecule has 100 valence electrons. The van der Waals surface area contributed by atoms with Crippen molar-refractivity contribution < 1.29 is 13.5 Å². The summed E-state index contributed by atoms with van der Waals surface area (Å²) in [5.41, 5.74) is 5.83. The van der Waals surface area contributed by atoms with Gasteiger partial charge < -0.3 is 10.5 Å². The van der Waals surface area contributed by atoms with E-state index in [4.69, 9.17) is 10.5 Å². The molecule has 1 heterocycles. The maximum atomic E-state index is 13.2. The van der Waals surface area contributed by atoms with Crippen LogP contribution in [-0.2, 0) is 0 Å². The van der Waals surface area contributed by atoms with Crippen LogP contribution in [0.4, 0.5) is 14.7 Å². The minimum absolute atomic E-state index is 0.0409. The second-order valence-corrected chi connectivity index (χ2v) is 3.78. The summed E-state index contributed by atoms with van der Waals surface area (Å²) < 4.78 is 31.3. The lowest BCUT2D eigenvalue weighted by atomic mass is 10.2. The normalized spacial score (nSPS) is 10.5. The standard InChI is InChI=1S/C12H12F2N4O/c1-2-5-19-12-17-10(16-11(15)18-12)7-3-4-8(13)9(14)6-7/h3-4,6H,2,5H2,1H3,(H2,15,16,17,18). The molecule has 2 N–H and O–H groups in total. The Morgan fingerprint density at radius 1 is 1.16 bits per heavy atom. The van der Waals surface area contributed by atoms with Crippen molar-refractivity contribution >= 4 is 5.95 Å². The number of nitrogens with zero attached hydrogens (tertiary/aromatic N) is 3. The van der Waals surface area contributed by atoms with E-state index in [9.17, 15) is 8.78 Å². The summed E-state index contributed by atoms with van der Waals surface area (Å²) in [6, 6.07) is 3.41. The topological polar surface area (TPSA) is 73.9 Å². The number of ether oxygens (including phenoxy) is 1. The Labute approximate surface area is 108 Å². The molecule has 1 aromatic heterocycles. The molecule has 5 nitrogen and oxygen atoms in total. The maximum absolute atomic E-state index is 13.2. The first-order chi connectivity index (χ1) is 9.10. The summed E-state index contributed by atoms with van der Waals surface area (Å²) in [5, 5.41) is 0. The van der Waals surface area contributed by atoms with Gasteiger partial charge in [0.1, 0.15) is 0 Å². The highest BCUT2D eigenvalue weighted by atomic mass is 19.2. The van der Waals surface area contributed by atoms with E-state index in [0.717, 1.165) is 18.6 Å². The highest BCUT2D eigenvalue weighted by molar-refractivity contribution is 5.56. The quantitative estimate of drug-likeness (QED) is 0.918. The monoisotopic (exact) mass is 266 g/mol. The Morgan fingerprint density at radius 2 is 1.95 bits per heavy atom. The lowest BCUT2D eigenvalue weighted by molar-refractivity contribution is 0.292. The fraction of sp³-hybridized carbons (Fsp3) is 0.250. The molecule has 2 aromatic rings. The van der Waals surface area contributed by atoms with Gasteiger partial charge in [0.2, 0.25) is 5.95 Å². The third-order valence-corrected chi connectivity index (χ3v) is 2.25. The molecule has 0 bridgehead atoms. The number of halogens is 2. The van der Waals surface area contributed by atoms with Gasteiger partial charge in [-0.15, -0.1) is 0 Å². The van der Waals surface area contributed by atoms with Gasteiger partial charge in [0.15, 0.2) is 17.5 Å². The summed E-state index contributed by atoms with van der Waals surface area (Å²) in [7, 11) is 0. The van der Waals surface area contributed by atoms with Crippen LogP contribution in [0.1, 0.15) is 13.3 Å². The number of hydrogen-bond acceptors (Lipinski definition) is 5. The van der Waals surface area contributed by atoms with Gasteiger partial charge in [-0.3, -0.25) is 0 Å². The van der Waals surface area contributed by atoms with Gasteiger partial charge in [-0.1, -0.05) is 6.92 Å². The highest BCUT2D eigenvalue weighted by Gasteiger charge is 2.10. The van der Waals surface area contributed by atoms with Crippen LogP contribution in [0.5, 0.6) is 6.01 Å². The predicted molar refractivity (Wildman–Crippen MR) is 65.4 cm³/mol. The molecule has 0 aliphatic carbocycles. The predicted octanol–water partition coefficient (Wildman–Crippen LogP) is 2.19. The second-order valence-electron chi connectivity index (χ2n) is 3.78. The summed E-state index contributed by atoms with van der Waals surface area (Å²) >= 11 is 0. The zero-order chi connectivity index (χ0) is 13.8. The number of anilines is 1. The van der Waals surface area contributed by atoms with E-state index in [1.807, 2.05) is 6.92 Å². The molecule has 0 atom stereocenters. The molecule has 0 saturated carbocycles. The van der Waals surface area contributed by atoms with Crippen molar-refractivity contribution in [1.29, 1.82) is 0 Å². The number of hydrogen-bond donors (Lipinski definition) is 1. The van der Waals surface area contributed by atoms with Crippen LogP contribution < -0.4 is 10.5 Å². The van der Waals surface area contributed by atoms with Gasteiger partial charge in [0.05, 0.1) is 6.61 Å². The summed E-state index contributed by atoms with van der Waals surface area (Å²) in [6.07, 6.45) is 0.784. The van der Waals surface area contributed by atoms with Crippen LogP contribution in [-0.4, -0.2) is 21.6 Å². The first kappa shape index (κ1) is 13.1. The molecule has 0 radical (unpaired) electrons. The number of benzene rings is 1. The van der Waals surface area contributed by atoms with E-state index in [0.29, 0.717) is 12.2 Å². The van der Waals surface area contributed by atoms with Gasteiger partial charge in [-0.2, -0.15) is 15.0 Å². The minimum Gasteiger partial charge on any atom is -0.463 e. The Hall–Kier alpha value is -2.31. The number of rotatable bonds is 4. The Morgan fingerprint density at radius 3 is 2.63 bits per heavy atom. The van der Waals surface area contributed by atoms with Crippen molar-refractivity contribution in [2.45, 2.75) is 13.3 Å². The molecule has 2 rings (SSSR count). The van der Waals surface area contributed by atoms with Crippen LogP contribution in [0.15, 0.2) is 18.2 Å². The maximum Gasteiger partial charge on any atom is 0.321 e. The Balaban J connectivity index is 2.37. The van der Waals surface area contributed by atoms with Crippen molar-refractivity contribution in [2.75, 3.05) is 12.3 Å². The third kappa shape index (κ3) is 3.12. The molecule has 0 saturated heterocycles. The number of nitrogen functional groups attached to an aromatic ring is 1. The molecule has 7 heteroatoms. The molecule has 0 amide bonds. The summed E-state index contributed by atoms with van der Waals surface area (Å²) in [4.78, 5) is 11.7. The fourth-order valence-corrected chi connectivity index (χ4v) is 1.39. The lowest BCUT2D eigenvalue weighted by Gasteiger charge is -2.06. The van der Waals surface area contributed by atoms with E-state index in [-0.39, 0.29) is 17.8 Å². The largest absolute Gasteiger partial charge is 0.463 e. The highest BCUT2D eigenvalue weighted by Crippen LogP contribution is 2.20. The van der Waals surface area contributed by atoms with E-state index in [2.05, 4.69) is 15.0 Å². The zero-order valence-electron chi connectivity index (χ0n) is 10.2. The van der Waals surface area contributed by atoms with E-state index in [1.165, 1.54) is 6.07 Å². The SMILES string of the molecule is CCCOc1nc(N)nc(-c2ccc(F)c(F)c2)n1. The number of nitrogens with two attached hydrogens (primary N) is 1. The summed E-state index contributed by atoms with van der Waals surface area (Å²) in [5.74, 6) is -1.82. The summed E-state index contributed by atoms with van der Waals surface area (Å²) in [6.45, 7) is 2.36. The van der Waals surface area contributed by atoms with Gasteiger partial charge >= 0.3 is 6.01 Å². The first-order valence-corrected chi connectivity index (χ1v) is 5.70. The van der Waals surface area contributed by atoms with Crippen molar-refractivity contribution in [3.05, 3.63) is 29.8 Å². The molecular formula is C12H12F2N4O. The molecule has 1 aromatic carbocycles. The molecule has 0 unspecified atom stereocenters. The average molecular weight is 266 g/mol. The first-order valence-electron chi connectivity index (χ1n) is 5.70. The lowest BCUT2D eigenvalue weighted by Crippen LogP contribution is -2.06. The van der Waals surface area contributed by atoms with Crippen molar-refractivity contribution in [3.8, 4) is 17.4 Å². The van der Waals surface area contributed by atoms with Crippen LogP contribution in [0.25, 0.3) is 11.4 Å². The van der Waals surface area contributed by atoms with Gasteiger partial charge in [-0.25, -0.2) is 8.78 Å². The van der Waals surface area contributed by atoms with Crippen molar-refractivity contribution in [2.24, 2.45) is 0 Å². The van der Waals surface area contributed by atoms with Gasteiger partial charge in [-0.05, 0) is 24.6 Å². The van der Waals surface area contributed by atoms with Crippen LogP contribution >= 0.6 is 0 Å². The fourth-order valence-electron chi connectivity index (χ4n) is 1.39. The van der Waals surface area contributed by atoms with Crippen LogP contribution in [0.3, 0.4) is 0 Å². The van der Waals surface area contributed by atoms with Gasteiger partial charge in [0.25, 0.3) is 0 Å². The third-order valence-electron chi connectivity index (χ3n) is 2.25. The Bertz CT molecular complexity index is 592. The minimum atomic E-state index is -0.979.